The molecule has 0 aliphatic carbocycles. The smallest absolute Gasteiger partial charge is 0.199 e. The standard InChI is InChI=1S/C14H7N3S/c1-3-9(13-11(5-1)15-7-16-13)10-4-2-6-12-14(10)18-8-17-12/h1-6,8H. The van der Waals surface area contributed by atoms with Crippen LogP contribution in [0.4, 0.5) is 11.4 Å². The molecule has 4 heteroatoms. The van der Waals surface area contributed by atoms with Crippen molar-refractivity contribution in [3.8, 4) is 11.1 Å². The number of para-hydroxylation sites is 1. The Morgan fingerprint density at radius 1 is 1.00 bits per heavy atom. The Morgan fingerprint density at radius 2 is 1.89 bits per heavy atom. The largest absolute Gasteiger partial charge is 0.245 e. The van der Waals surface area contributed by atoms with E-state index < -0.39 is 0 Å². The van der Waals surface area contributed by atoms with Crippen molar-refractivity contribution >= 4 is 39.3 Å². The first-order chi connectivity index (χ1) is 8.93. The minimum atomic E-state index is 0.883. The molecular formula is C14H7N3S. The summed E-state index contributed by atoms with van der Waals surface area (Å²) in [6.07, 6.45) is 2.68. The van der Waals surface area contributed by atoms with Gasteiger partial charge in [0.2, 0.25) is 0 Å². The lowest BCUT2D eigenvalue weighted by Gasteiger charge is -2.06. The van der Waals surface area contributed by atoms with Crippen LogP contribution < -0.4 is 5.32 Å². The molecule has 18 heavy (non-hydrogen) atoms. The zero-order valence-corrected chi connectivity index (χ0v) is 10.1. The van der Waals surface area contributed by atoms with Gasteiger partial charge in [0.1, 0.15) is 0 Å². The third-order valence-corrected chi connectivity index (χ3v) is 3.87. The minimum absolute atomic E-state index is 0.883. The van der Waals surface area contributed by atoms with Crippen LogP contribution in [-0.2, 0) is 0 Å². The molecule has 0 unspecified atom stereocenters. The van der Waals surface area contributed by atoms with E-state index in [2.05, 4.69) is 33.8 Å². The molecule has 1 aromatic heterocycles. The second-order valence-electron chi connectivity index (χ2n) is 4.00. The molecular weight excluding hydrogens is 242 g/mol. The Labute approximate surface area is 108 Å². The Hall–Kier alpha value is -2.20. The van der Waals surface area contributed by atoms with E-state index in [1.54, 1.807) is 11.3 Å². The second-order valence-corrected chi connectivity index (χ2v) is 4.86. The van der Waals surface area contributed by atoms with Gasteiger partial charge in [-0.3, -0.25) is 0 Å². The number of nitrogens with zero attached hydrogens (tertiary/aromatic N) is 3. The zero-order valence-electron chi connectivity index (χ0n) is 9.29. The van der Waals surface area contributed by atoms with Gasteiger partial charge in [0.05, 0.1) is 27.1 Å². The summed E-state index contributed by atoms with van der Waals surface area (Å²) < 4.78 is 1.19. The van der Waals surface area contributed by atoms with Gasteiger partial charge in [-0.25, -0.2) is 15.3 Å². The van der Waals surface area contributed by atoms with Crippen molar-refractivity contribution in [1.29, 1.82) is 0 Å². The van der Waals surface area contributed by atoms with E-state index in [1.807, 2.05) is 29.8 Å². The molecule has 0 saturated carbocycles. The number of hydrogen-bond acceptors (Lipinski definition) is 3. The maximum Gasteiger partial charge on any atom is 0.199 e. The molecule has 0 N–H and O–H groups in total. The predicted octanol–water partition coefficient (Wildman–Crippen LogP) is 3.75. The highest BCUT2D eigenvalue weighted by Gasteiger charge is 2.16. The number of aliphatic imine (C=N–C) groups is 1. The molecule has 2 heterocycles. The number of aromatic nitrogens is 1. The van der Waals surface area contributed by atoms with Crippen molar-refractivity contribution in [3.05, 3.63) is 41.9 Å². The van der Waals surface area contributed by atoms with E-state index in [0.717, 1.165) is 28.0 Å². The summed E-state index contributed by atoms with van der Waals surface area (Å²) in [4.78, 5) is 8.58. The molecule has 84 valence electrons. The third-order valence-electron chi connectivity index (χ3n) is 2.99. The van der Waals surface area contributed by atoms with Gasteiger partial charge >= 0.3 is 0 Å². The molecule has 3 nitrogen and oxygen atoms in total. The van der Waals surface area contributed by atoms with E-state index in [1.165, 1.54) is 4.70 Å². The predicted molar refractivity (Wildman–Crippen MR) is 73.9 cm³/mol. The van der Waals surface area contributed by atoms with Crippen LogP contribution in [0, 0.1) is 0 Å². The summed E-state index contributed by atoms with van der Waals surface area (Å²) in [5.74, 6) is 0. The highest BCUT2D eigenvalue weighted by Crippen LogP contribution is 2.41. The van der Waals surface area contributed by atoms with Crippen LogP contribution in [0.25, 0.3) is 21.3 Å². The van der Waals surface area contributed by atoms with Gasteiger partial charge in [0.15, 0.2) is 6.34 Å². The van der Waals surface area contributed by atoms with Crippen molar-refractivity contribution in [1.82, 2.24) is 10.3 Å². The van der Waals surface area contributed by atoms with Crippen molar-refractivity contribution < 1.29 is 0 Å². The van der Waals surface area contributed by atoms with Gasteiger partial charge in [-0.15, -0.1) is 11.3 Å². The lowest BCUT2D eigenvalue weighted by molar-refractivity contribution is 1.35. The summed E-state index contributed by atoms with van der Waals surface area (Å²) in [6, 6.07) is 12.2. The molecule has 2 radical (unpaired) electrons. The molecule has 1 aliphatic heterocycles. The number of fused-ring (bicyclic) bond motifs is 2. The molecule has 3 aromatic rings. The van der Waals surface area contributed by atoms with E-state index >= 15 is 0 Å². The van der Waals surface area contributed by atoms with E-state index in [0.29, 0.717) is 0 Å². The number of thiazole rings is 1. The highest BCUT2D eigenvalue weighted by atomic mass is 32.1. The van der Waals surface area contributed by atoms with Crippen LogP contribution in [0.1, 0.15) is 0 Å². The molecule has 4 rings (SSSR count). The molecule has 2 aromatic carbocycles. The van der Waals surface area contributed by atoms with Gasteiger partial charge in [-0.1, -0.05) is 24.3 Å². The molecule has 0 bridgehead atoms. The lowest BCUT2D eigenvalue weighted by atomic mass is 10.0. The van der Waals surface area contributed by atoms with Crippen LogP contribution in [0.2, 0.25) is 0 Å². The summed E-state index contributed by atoms with van der Waals surface area (Å²) in [5, 5.41) is 4.12. The van der Waals surface area contributed by atoms with Crippen molar-refractivity contribution in [2.24, 2.45) is 4.99 Å². The monoisotopic (exact) mass is 249 g/mol. The van der Waals surface area contributed by atoms with Crippen molar-refractivity contribution in [2.45, 2.75) is 0 Å². The molecule has 0 saturated heterocycles. The average molecular weight is 249 g/mol. The van der Waals surface area contributed by atoms with Crippen LogP contribution >= 0.6 is 11.3 Å². The first-order valence-corrected chi connectivity index (χ1v) is 6.43. The van der Waals surface area contributed by atoms with Gasteiger partial charge in [0.25, 0.3) is 0 Å². The van der Waals surface area contributed by atoms with Crippen molar-refractivity contribution in [3.63, 3.8) is 0 Å². The molecule has 0 fully saturated rings. The van der Waals surface area contributed by atoms with E-state index in [4.69, 9.17) is 0 Å². The van der Waals surface area contributed by atoms with Crippen LogP contribution in [0.3, 0.4) is 0 Å². The Morgan fingerprint density at radius 3 is 2.89 bits per heavy atom. The third kappa shape index (κ3) is 1.29. The maximum atomic E-state index is 4.35. The number of rotatable bonds is 1. The highest BCUT2D eigenvalue weighted by molar-refractivity contribution is 7.17. The molecule has 0 amide bonds. The first-order valence-electron chi connectivity index (χ1n) is 5.55. The number of benzene rings is 2. The van der Waals surface area contributed by atoms with Crippen LogP contribution in [0.15, 0.2) is 46.9 Å². The maximum absolute atomic E-state index is 4.35. The molecule has 0 spiro atoms. The topological polar surface area (TPSA) is 39.4 Å². The Balaban J connectivity index is 2.06. The van der Waals surface area contributed by atoms with Gasteiger partial charge in [0, 0.05) is 11.1 Å². The summed E-state index contributed by atoms with van der Waals surface area (Å²) in [7, 11) is 0. The van der Waals surface area contributed by atoms with Gasteiger partial charge in [-0.05, 0) is 12.1 Å². The number of hydrogen-bond donors (Lipinski definition) is 0. The zero-order chi connectivity index (χ0) is 11.9. The summed E-state index contributed by atoms with van der Waals surface area (Å²) in [5.41, 5.74) is 6.94. The van der Waals surface area contributed by atoms with Crippen LogP contribution in [-0.4, -0.2) is 11.3 Å². The molecule has 1 aliphatic rings. The van der Waals surface area contributed by atoms with Crippen molar-refractivity contribution in [2.75, 3.05) is 0 Å². The fraction of sp³-hybridized carbons (Fsp3) is 0. The molecule has 0 atom stereocenters. The summed E-state index contributed by atoms with van der Waals surface area (Å²) in [6.45, 7) is 0. The van der Waals surface area contributed by atoms with E-state index in [-0.39, 0.29) is 0 Å². The summed E-state index contributed by atoms with van der Waals surface area (Å²) >= 11 is 1.65. The first kappa shape index (κ1) is 9.79. The average Bonchev–Trinajstić information content (AvgIpc) is 3.06. The van der Waals surface area contributed by atoms with Gasteiger partial charge in [-0.2, -0.15) is 0 Å². The quantitative estimate of drug-likeness (QED) is 0.647. The van der Waals surface area contributed by atoms with Crippen LogP contribution in [0.5, 0.6) is 0 Å². The Bertz CT molecular complexity index is 774. The Kier molecular flexibility index (Phi) is 1.98. The normalized spacial score (nSPS) is 12.7. The van der Waals surface area contributed by atoms with E-state index in [9.17, 15) is 0 Å². The fourth-order valence-electron chi connectivity index (χ4n) is 2.18. The second kappa shape index (κ2) is 3.65. The SMILES string of the molecule is [C]1=Nc2c(cccc2-c2cccc3ncsc23)[N]1. The lowest BCUT2D eigenvalue weighted by Crippen LogP contribution is -1.85. The fourth-order valence-corrected chi connectivity index (χ4v) is 3.00. The van der Waals surface area contributed by atoms with Gasteiger partial charge < -0.3 is 0 Å². The minimum Gasteiger partial charge on any atom is -0.245 e.